The number of carbonyl (C=O) groups excluding carboxylic acids is 1. The molecule has 0 atom stereocenters. The van der Waals surface area contributed by atoms with Crippen molar-refractivity contribution in [3.8, 4) is 0 Å². The molecular weight excluding hydrogens is 296 g/mol. The predicted molar refractivity (Wildman–Crippen MR) is 96.3 cm³/mol. The van der Waals surface area contributed by atoms with Gasteiger partial charge in [0.15, 0.2) is 0 Å². The molecule has 124 valence electrons. The minimum absolute atomic E-state index is 0.0460. The second kappa shape index (κ2) is 11.4. The molecule has 1 aromatic rings. The molecule has 22 heavy (non-hydrogen) atoms. The molecule has 0 fully saturated rings. The van der Waals surface area contributed by atoms with Gasteiger partial charge in [-0.2, -0.15) is 0 Å². The molecule has 3 N–H and O–H groups in total. The summed E-state index contributed by atoms with van der Waals surface area (Å²) in [6.45, 7) is 2.24. The lowest BCUT2D eigenvalue weighted by atomic mass is 10.1. The fourth-order valence-corrected chi connectivity index (χ4v) is 2.56. The number of anilines is 2. The first-order valence-corrected chi connectivity index (χ1v) is 8.86. The summed E-state index contributed by atoms with van der Waals surface area (Å²) < 4.78 is 0. The van der Waals surface area contributed by atoms with Crippen LogP contribution in [0, 0.1) is 0 Å². The second-order valence-corrected chi connectivity index (χ2v) is 6.27. The standard InChI is InChI=1S/C18H29ClN2O/c1-2-3-4-5-6-7-8-9-10-11-18(22)21-15-12-13-16(19)17(20)14-15/h12-14H,2-11,20H2,1H3,(H,21,22). The van der Waals surface area contributed by atoms with Crippen molar-refractivity contribution >= 4 is 28.9 Å². The van der Waals surface area contributed by atoms with E-state index in [0.29, 0.717) is 22.8 Å². The van der Waals surface area contributed by atoms with Crippen LogP contribution in [0.4, 0.5) is 11.4 Å². The summed E-state index contributed by atoms with van der Waals surface area (Å²) in [6.07, 6.45) is 11.9. The molecule has 0 aliphatic carbocycles. The average molecular weight is 325 g/mol. The number of rotatable bonds is 11. The number of nitrogen functional groups attached to an aromatic ring is 1. The highest BCUT2D eigenvalue weighted by atomic mass is 35.5. The molecule has 1 amide bonds. The summed E-state index contributed by atoms with van der Waals surface area (Å²) in [6, 6.07) is 5.16. The molecule has 0 unspecified atom stereocenters. The van der Waals surface area contributed by atoms with Crippen molar-refractivity contribution in [2.24, 2.45) is 0 Å². The number of nitrogens with two attached hydrogens (primary N) is 1. The Morgan fingerprint density at radius 2 is 1.64 bits per heavy atom. The Balaban J connectivity index is 2.05. The molecule has 1 aromatic carbocycles. The lowest BCUT2D eigenvalue weighted by Crippen LogP contribution is -2.11. The van der Waals surface area contributed by atoms with Gasteiger partial charge < -0.3 is 11.1 Å². The Bertz CT molecular complexity index is 449. The molecule has 0 aromatic heterocycles. The first kappa shape index (κ1) is 18.8. The zero-order chi connectivity index (χ0) is 16.2. The number of halogens is 1. The Morgan fingerprint density at radius 3 is 2.23 bits per heavy atom. The van der Waals surface area contributed by atoms with Crippen molar-refractivity contribution in [2.75, 3.05) is 11.1 Å². The molecule has 0 spiro atoms. The molecule has 0 aliphatic heterocycles. The van der Waals surface area contributed by atoms with Gasteiger partial charge in [0.25, 0.3) is 0 Å². The lowest BCUT2D eigenvalue weighted by Gasteiger charge is -2.07. The molecule has 1 rings (SSSR count). The molecule has 0 heterocycles. The summed E-state index contributed by atoms with van der Waals surface area (Å²) in [5, 5.41) is 3.37. The second-order valence-electron chi connectivity index (χ2n) is 5.86. The highest BCUT2D eigenvalue weighted by Crippen LogP contribution is 2.22. The Kier molecular flexibility index (Phi) is 9.72. The first-order chi connectivity index (χ1) is 10.6. The fourth-order valence-electron chi connectivity index (χ4n) is 2.44. The number of nitrogens with one attached hydrogen (secondary N) is 1. The normalized spacial score (nSPS) is 10.6. The largest absolute Gasteiger partial charge is 0.397 e. The van der Waals surface area contributed by atoms with Gasteiger partial charge >= 0.3 is 0 Å². The first-order valence-electron chi connectivity index (χ1n) is 8.48. The van der Waals surface area contributed by atoms with E-state index in [1.54, 1.807) is 18.2 Å². The monoisotopic (exact) mass is 324 g/mol. The summed E-state index contributed by atoms with van der Waals surface area (Å²) in [7, 11) is 0. The Labute approximate surface area is 139 Å². The van der Waals surface area contributed by atoms with Crippen LogP contribution in [0.5, 0.6) is 0 Å². The van der Waals surface area contributed by atoms with Crippen LogP contribution in [0.1, 0.15) is 71.1 Å². The van der Waals surface area contributed by atoms with Crippen LogP contribution < -0.4 is 11.1 Å². The van der Waals surface area contributed by atoms with E-state index < -0.39 is 0 Å². The third-order valence-electron chi connectivity index (χ3n) is 3.79. The van der Waals surface area contributed by atoms with E-state index in [-0.39, 0.29) is 5.91 Å². The molecule has 3 nitrogen and oxygen atoms in total. The molecule has 0 radical (unpaired) electrons. The van der Waals surface area contributed by atoms with Gasteiger partial charge in [-0.05, 0) is 24.6 Å². The average Bonchev–Trinajstić information content (AvgIpc) is 2.49. The number of benzene rings is 1. The van der Waals surface area contributed by atoms with Crippen molar-refractivity contribution < 1.29 is 4.79 Å². The summed E-state index contributed by atoms with van der Waals surface area (Å²) in [5.41, 5.74) is 6.91. The summed E-state index contributed by atoms with van der Waals surface area (Å²) >= 11 is 5.85. The third-order valence-corrected chi connectivity index (χ3v) is 4.13. The van der Waals surface area contributed by atoms with E-state index >= 15 is 0 Å². The minimum atomic E-state index is 0.0460. The quantitative estimate of drug-likeness (QED) is 0.400. The molecule has 4 heteroatoms. The van der Waals surface area contributed by atoms with Crippen molar-refractivity contribution in [3.05, 3.63) is 23.2 Å². The predicted octanol–water partition coefficient (Wildman–Crippen LogP) is 5.78. The van der Waals surface area contributed by atoms with Gasteiger partial charge in [0, 0.05) is 12.1 Å². The van der Waals surface area contributed by atoms with E-state index in [1.807, 2.05) is 0 Å². The van der Waals surface area contributed by atoms with Crippen LogP contribution >= 0.6 is 11.6 Å². The maximum atomic E-state index is 11.8. The number of hydrogen-bond acceptors (Lipinski definition) is 2. The maximum Gasteiger partial charge on any atom is 0.224 e. The van der Waals surface area contributed by atoms with Crippen LogP contribution in [0.3, 0.4) is 0 Å². The van der Waals surface area contributed by atoms with Crippen molar-refractivity contribution in [3.63, 3.8) is 0 Å². The molecular formula is C18H29ClN2O. The molecule has 0 bridgehead atoms. The van der Waals surface area contributed by atoms with Gasteiger partial charge in [0.2, 0.25) is 5.91 Å². The zero-order valence-corrected chi connectivity index (χ0v) is 14.4. The van der Waals surface area contributed by atoms with Gasteiger partial charge in [-0.15, -0.1) is 0 Å². The maximum absolute atomic E-state index is 11.8. The van der Waals surface area contributed by atoms with Crippen molar-refractivity contribution in [1.29, 1.82) is 0 Å². The summed E-state index contributed by atoms with van der Waals surface area (Å²) in [5.74, 6) is 0.0460. The number of amides is 1. The highest BCUT2D eigenvalue weighted by Gasteiger charge is 2.04. The lowest BCUT2D eigenvalue weighted by molar-refractivity contribution is -0.116. The molecule has 0 aliphatic rings. The van der Waals surface area contributed by atoms with Gasteiger partial charge in [-0.3, -0.25) is 4.79 Å². The molecule has 0 saturated carbocycles. The van der Waals surface area contributed by atoms with Crippen LogP contribution in [-0.2, 0) is 4.79 Å². The number of carbonyl (C=O) groups is 1. The van der Waals surface area contributed by atoms with Crippen molar-refractivity contribution in [2.45, 2.75) is 71.1 Å². The molecule has 0 saturated heterocycles. The van der Waals surface area contributed by atoms with E-state index in [0.717, 1.165) is 12.8 Å². The third kappa shape index (κ3) is 8.28. The van der Waals surface area contributed by atoms with E-state index in [2.05, 4.69) is 12.2 Å². The van der Waals surface area contributed by atoms with Crippen LogP contribution in [0.2, 0.25) is 5.02 Å². The van der Waals surface area contributed by atoms with E-state index in [9.17, 15) is 4.79 Å². The van der Waals surface area contributed by atoms with Crippen molar-refractivity contribution in [1.82, 2.24) is 0 Å². The smallest absolute Gasteiger partial charge is 0.224 e. The Morgan fingerprint density at radius 1 is 1.05 bits per heavy atom. The van der Waals surface area contributed by atoms with Gasteiger partial charge in [0.05, 0.1) is 10.7 Å². The summed E-state index contributed by atoms with van der Waals surface area (Å²) in [4.78, 5) is 11.8. The van der Waals surface area contributed by atoms with E-state index in [1.165, 1.54) is 44.9 Å². The van der Waals surface area contributed by atoms with Crippen LogP contribution in [-0.4, -0.2) is 5.91 Å². The zero-order valence-electron chi connectivity index (χ0n) is 13.7. The number of unbranched alkanes of at least 4 members (excludes halogenated alkanes) is 8. The van der Waals surface area contributed by atoms with E-state index in [4.69, 9.17) is 17.3 Å². The fraction of sp³-hybridized carbons (Fsp3) is 0.611. The SMILES string of the molecule is CCCCCCCCCCCC(=O)Nc1ccc(Cl)c(N)c1. The number of hydrogen-bond donors (Lipinski definition) is 2. The van der Waals surface area contributed by atoms with Crippen LogP contribution in [0.25, 0.3) is 0 Å². The minimum Gasteiger partial charge on any atom is -0.397 e. The van der Waals surface area contributed by atoms with Crippen LogP contribution in [0.15, 0.2) is 18.2 Å². The topological polar surface area (TPSA) is 55.1 Å². The van der Waals surface area contributed by atoms with Gasteiger partial charge in [-0.1, -0.05) is 69.9 Å². The van der Waals surface area contributed by atoms with Gasteiger partial charge in [-0.25, -0.2) is 0 Å². The van der Waals surface area contributed by atoms with Gasteiger partial charge in [0.1, 0.15) is 0 Å². The highest BCUT2D eigenvalue weighted by molar-refractivity contribution is 6.33. The Hall–Kier alpha value is -1.22.